The van der Waals surface area contributed by atoms with Gasteiger partial charge in [-0.15, -0.1) is 0 Å². The van der Waals surface area contributed by atoms with Crippen LogP contribution in [0.5, 0.6) is 0 Å². The molecule has 7 heteroatoms. The molecule has 0 aliphatic carbocycles. The third kappa shape index (κ3) is 3.42. The lowest BCUT2D eigenvalue weighted by Gasteiger charge is -2.18. The molecule has 3 N–H and O–H groups in total. The van der Waals surface area contributed by atoms with Crippen LogP contribution < -0.4 is 11.1 Å². The molecule has 0 bridgehead atoms. The number of ether oxygens (including phenoxy) is 1. The van der Waals surface area contributed by atoms with E-state index < -0.39 is 24.9 Å². The van der Waals surface area contributed by atoms with Crippen molar-refractivity contribution in [3.8, 4) is 0 Å². The van der Waals surface area contributed by atoms with Crippen LogP contribution in [0.3, 0.4) is 0 Å². The molecule has 2 atom stereocenters. The van der Waals surface area contributed by atoms with Gasteiger partial charge >= 0.3 is 6.09 Å². The van der Waals surface area contributed by atoms with E-state index in [9.17, 15) is 18.0 Å². The van der Waals surface area contributed by atoms with Gasteiger partial charge in [-0.05, 0) is 7.05 Å². The summed E-state index contributed by atoms with van der Waals surface area (Å²) in [6.07, 6.45) is -6.83. The lowest BCUT2D eigenvalue weighted by atomic mass is 10.3. The van der Waals surface area contributed by atoms with Crippen LogP contribution in [0.1, 0.15) is 0 Å². The van der Waals surface area contributed by atoms with Crippen LogP contribution in [0.4, 0.5) is 18.0 Å². The number of nitrogens with one attached hydrogen (secondary N) is 1. The number of primary amides is 1. The average Bonchev–Trinajstić information content (AvgIpc) is 1.85. The Morgan fingerprint density at radius 1 is 1.50 bits per heavy atom. The van der Waals surface area contributed by atoms with Gasteiger partial charge in [-0.25, -0.2) is 13.6 Å². The maximum absolute atomic E-state index is 12.5. The average molecular weight is 186 g/mol. The third-order valence-electron chi connectivity index (χ3n) is 1.12. The molecule has 0 saturated heterocycles. The van der Waals surface area contributed by atoms with E-state index in [-0.39, 0.29) is 0 Å². The number of hydrogen-bond donors (Lipinski definition) is 2. The zero-order valence-corrected chi connectivity index (χ0v) is 6.26. The molecule has 1 amide bonds. The minimum atomic E-state index is -2.97. The Kier molecular flexibility index (Phi) is 4.42. The van der Waals surface area contributed by atoms with Gasteiger partial charge in [0.2, 0.25) is 0 Å². The SMILES string of the molecule is CNC(C(F)F)C(F)OC(N)=O. The third-order valence-corrected chi connectivity index (χ3v) is 1.12. The molecule has 0 fully saturated rings. The van der Waals surface area contributed by atoms with Gasteiger partial charge in [-0.1, -0.05) is 0 Å². The first kappa shape index (κ1) is 11.0. The maximum Gasteiger partial charge on any atom is 0.407 e. The molecule has 0 aliphatic rings. The number of alkyl halides is 3. The second-order valence-electron chi connectivity index (χ2n) is 1.94. The molecule has 0 radical (unpaired) electrons. The summed E-state index contributed by atoms with van der Waals surface area (Å²) in [5, 5.41) is 1.95. The van der Waals surface area contributed by atoms with Crippen LogP contribution in [0.25, 0.3) is 0 Å². The van der Waals surface area contributed by atoms with E-state index in [0.29, 0.717) is 0 Å². The van der Waals surface area contributed by atoms with Gasteiger partial charge in [0.25, 0.3) is 12.8 Å². The highest BCUT2D eigenvalue weighted by Crippen LogP contribution is 2.09. The van der Waals surface area contributed by atoms with E-state index in [1.165, 1.54) is 0 Å². The summed E-state index contributed by atoms with van der Waals surface area (Å²) < 4.78 is 39.9. The molecule has 0 saturated carbocycles. The van der Waals surface area contributed by atoms with Gasteiger partial charge < -0.3 is 15.8 Å². The molecule has 0 aromatic carbocycles. The minimum absolute atomic E-state index is 1.12. The van der Waals surface area contributed by atoms with Crippen LogP contribution in [0, 0.1) is 0 Å². The van der Waals surface area contributed by atoms with Crippen LogP contribution in [0.2, 0.25) is 0 Å². The Labute approximate surface area is 66.9 Å². The van der Waals surface area contributed by atoms with Crippen LogP contribution in [0.15, 0.2) is 0 Å². The lowest BCUT2D eigenvalue weighted by molar-refractivity contribution is -0.0540. The van der Waals surface area contributed by atoms with Crippen molar-refractivity contribution in [1.29, 1.82) is 0 Å². The first-order valence-electron chi connectivity index (χ1n) is 3.04. The van der Waals surface area contributed by atoms with Crippen molar-refractivity contribution in [2.45, 2.75) is 18.8 Å². The fourth-order valence-corrected chi connectivity index (χ4v) is 0.556. The molecule has 0 aromatic heterocycles. The predicted molar refractivity (Wildman–Crippen MR) is 34.4 cm³/mol. The van der Waals surface area contributed by atoms with Crippen molar-refractivity contribution >= 4 is 6.09 Å². The van der Waals surface area contributed by atoms with Crippen LogP contribution >= 0.6 is 0 Å². The summed E-state index contributed by atoms with van der Waals surface area (Å²) in [4.78, 5) is 9.94. The topological polar surface area (TPSA) is 64.3 Å². The molecular formula is C5H9F3N2O2. The second kappa shape index (κ2) is 4.81. The summed E-state index contributed by atoms with van der Waals surface area (Å²) in [7, 11) is 1.12. The molecule has 0 rings (SSSR count). The molecule has 0 aromatic rings. The van der Waals surface area contributed by atoms with Crippen molar-refractivity contribution in [1.82, 2.24) is 5.32 Å². The summed E-state index contributed by atoms with van der Waals surface area (Å²) in [5.74, 6) is 0. The van der Waals surface area contributed by atoms with E-state index in [4.69, 9.17) is 0 Å². The number of amides is 1. The van der Waals surface area contributed by atoms with E-state index in [1.807, 2.05) is 5.32 Å². The summed E-state index contributed by atoms with van der Waals surface area (Å²) in [6.45, 7) is 0. The molecule has 72 valence electrons. The zero-order valence-electron chi connectivity index (χ0n) is 6.26. The Hall–Kier alpha value is -0.980. The smallest absolute Gasteiger partial charge is 0.407 e. The fraction of sp³-hybridized carbons (Fsp3) is 0.800. The second-order valence-corrected chi connectivity index (χ2v) is 1.94. The van der Waals surface area contributed by atoms with E-state index in [1.54, 1.807) is 0 Å². The molecule has 0 aliphatic heterocycles. The highest BCUT2D eigenvalue weighted by molar-refractivity contribution is 5.64. The fourth-order valence-electron chi connectivity index (χ4n) is 0.556. The Morgan fingerprint density at radius 2 is 2.00 bits per heavy atom. The number of nitrogens with two attached hydrogens (primary N) is 1. The zero-order chi connectivity index (χ0) is 9.72. The van der Waals surface area contributed by atoms with Crippen LogP contribution in [-0.4, -0.2) is 32.0 Å². The monoisotopic (exact) mass is 186 g/mol. The van der Waals surface area contributed by atoms with Gasteiger partial charge in [-0.3, -0.25) is 0 Å². The van der Waals surface area contributed by atoms with E-state index in [2.05, 4.69) is 10.5 Å². The number of rotatable bonds is 4. The number of carbonyl (C=O) groups is 1. The van der Waals surface area contributed by atoms with Crippen molar-refractivity contribution in [2.75, 3.05) is 7.05 Å². The van der Waals surface area contributed by atoms with Gasteiger partial charge in [-0.2, -0.15) is 4.39 Å². The van der Waals surface area contributed by atoms with Gasteiger partial charge in [0.05, 0.1) is 0 Å². The summed E-state index contributed by atoms with van der Waals surface area (Å²) in [5.41, 5.74) is 4.41. The van der Waals surface area contributed by atoms with Crippen molar-refractivity contribution in [3.05, 3.63) is 0 Å². The minimum Gasteiger partial charge on any atom is -0.413 e. The van der Waals surface area contributed by atoms with Crippen molar-refractivity contribution < 1.29 is 22.7 Å². The number of carbonyl (C=O) groups excluding carboxylic acids is 1. The predicted octanol–water partition coefficient (Wildman–Crippen LogP) is 0.230. The first-order chi connectivity index (χ1) is 5.49. The lowest BCUT2D eigenvalue weighted by Crippen LogP contribution is -2.44. The van der Waals surface area contributed by atoms with E-state index >= 15 is 0 Å². The van der Waals surface area contributed by atoms with Crippen molar-refractivity contribution in [3.63, 3.8) is 0 Å². The molecule has 0 heterocycles. The van der Waals surface area contributed by atoms with Crippen molar-refractivity contribution in [2.24, 2.45) is 5.73 Å². The first-order valence-corrected chi connectivity index (χ1v) is 3.04. The number of halogens is 3. The quantitative estimate of drug-likeness (QED) is 0.660. The maximum atomic E-state index is 12.5. The normalized spacial score (nSPS) is 15.8. The standard InChI is InChI=1S/C5H9F3N2O2/c1-10-2(3(6)7)4(8)12-5(9)11/h2-4,10H,1H3,(H2,9,11). The Balaban J connectivity index is 4.02. The Morgan fingerprint density at radius 3 is 2.25 bits per heavy atom. The number of likely N-dealkylation sites (N-methyl/N-ethyl adjacent to an activating group) is 1. The largest absolute Gasteiger partial charge is 0.413 e. The number of hydrogen-bond acceptors (Lipinski definition) is 3. The van der Waals surface area contributed by atoms with Crippen LogP contribution in [-0.2, 0) is 4.74 Å². The highest BCUT2D eigenvalue weighted by atomic mass is 19.3. The molecule has 0 spiro atoms. The molecular weight excluding hydrogens is 177 g/mol. The van der Waals surface area contributed by atoms with Gasteiger partial charge in [0.1, 0.15) is 6.04 Å². The van der Waals surface area contributed by atoms with Gasteiger partial charge in [0, 0.05) is 0 Å². The summed E-state index contributed by atoms with van der Waals surface area (Å²) in [6, 6.07) is -1.85. The van der Waals surface area contributed by atoms with Gasteiger partial charge in [0.15, 0.2) is 0 Å². The highest BCUT2D eigenvalue weighted by Gasteiger charge is 2.30. The van der Waals surface area contributed by atoms with E-state index in [0.717, 1.165) is 7.05 Å². The molecule has 2 unspecified atom stereocenters. The molecule has 4 nitrogen and oxygen atoms in total. The molecule has 12 heavy (non-hydrogen) atoms. The Bertz CT molecular complexity index is 156. The summed E-state index contributed by atoms with van der Waals surface area (Å²) >= 11 is 0.